The number of aliphatic hydroxyl groups is 1. The monoisotopic (exact) mass is 456 g/mol. The van der Waals surface area contributed by atoms with E-state index in [9.17, 15) is 19.8 Å². The van der Waals surface area contributed by atoms with Gasteiger partial charge in [-0.1, -0.05) is 24.8 Å². The van der Waals surface area contributed by atoms with E-state index in [2.05, 4.69) is 9.97 Å². The minimum absolute atomic E-state index is 0.0274. The average Bonchev–Trinajstić information content (AvgIpc) is 3.37. The first-order chi connectivity index (χ1) is 14.9. The Labute approximate surface area is 186 Å². The van der Waals surface area contributed by atoms with Gasteiger partial charge in [0.1, 0.15) is 21.9 Å². The summed E-state index contributed by atoms with van der Waals surface area (Å²) in [6, 6.07) is 5.46. The lowest BCUT2D eigenvalue weighted by atomic mass is 9.77. The van der Waals surface area contributed by atoms with Crippen molar-refractivity contribution in [1.82, 2.24) is 19.3 Å². The van der Waals surface area contributed by atoms with Crippen LogP contribution in [0.3, 0.4) is 0 Å². The van der Waals surface area contributed by atoms with Gasteiger partial charge in [-0.3, -0.25) is 14.2 Å². The van der Waals surface area contributed by atoms with Gasteiger partial charge in [0.05, 0.1) is 28.6 Å². The van der Waals surface area contributed by atoms with E-state index < -0.39 is 18.0 Å². The summed E-state index contributed by atoms with van der Waals surface area (Å²) in [4.78, 5) is 36.5. The first-order valence-corrected chi connectivity index (χ1v) is 11.7. The van der Waals surface area contributed by atoms with Crippen LogP contribution in [0.25, 0.3) is 10.4 Å². The van der Waals surface area contributed by atoms with Crippen molar-refractivity contribution >= 4 is 45.4 Å². The number of carbonyl (C=O) groups excluding carboxylic acids is 1. The Morgan fingerprint density at radius 3 is 2.84 bits per heavy atom. The molecule has 5 heterocycles. The molecule has 0 unspecified atom stereocenters. The van der Waals surface area contributed by atoms with Gasteiger partial charge in [-0.15, -0.1) is 11.3 Å². The number of rotatable bonds is 6. The van der Waals surface area contributed by atoms with Crippen LogP contribution in [-0.4, -0.2) is 53.5 Å². The van der Waals surface area contributed by atoms with E-state index in [1.165, 1.54) is 16.2 Å². The number of hydrogen-bond donors (Lipinski definition) is 2. The highest BCUT2D eigenvalue weighted by Crippen LogP contribution is 2.51. The molecule has 0 saturated carbocycles. The fourth-order valence-electron chi connectivity index (χ4n) is 4.52. The van der Waals surface area contributed by atoms with E-state index >= 15 is 0 Å². The fourth-order valence-corrected chi connectivity index (χ4v) is 6.74. The third kappa shape index (κ3) is 3.08. The summed E-state index contributed by atoms with van der Waals surface area (Å²) >= 11 is 3.05. The number of carboxylic acid groups (broad SMARTS) is 1. The Kier molecular flexibility index (Phi) is 4.87. The van der Waals surface area contributed by atoms with Gasteiger partial charge < -0.3 is 15.1 Å². The number of aliphatic hydroxyl groups excluding tert-OH is 1. The number of carboxylic acids is 1. The van der Waals surface area contributed by atoms with Crippen LogP contribution in [0.15, 0.2) is 47.6 Å². The van der Waals surface area contributed by atoms with Crippen molar-refractivity contribution in [3.05, 3.63) is 53.2 Å². The Hall–Kier alpha value is -2.69. The van der Waals surface area contributed by atoms with Gasteiger partial charge in [0, 0.05) is 29.6 Å². The second kappa shape index (κ2) is 7.47. The molecule has 1 fully saturated rings. The third-order valence-corrected chi connectivity index (χ3v) is 8.19. The molecule has 2 aliphatic heterocycles. The minimum atomic E-state index is -1.12. The first kappa shape index (κ1) is 20.2. The van der Waals surface area contributed by atoms with E-state index in [1.54, 1.807) is 31.2 Å². The smallest absolute Gasteiger partial charge is 0.352 e. The molecular formula is C21H20N4O4S2. The summed E-state index contributed by atoms with van der Waals surface area (Å²) in [7, 11) is 0. The van der Waals surface area contributed by atoms with Crippen LogP contribution in [0.2, 0.25) is 0 Å². The Bertz CT molecular complexity index is 1220. The highest BCUT2D eigenvalue weighted by atomic mass is 32.2. The molecule has 0 spiro atoms. The lowest BCUT2D eigenvalue weighted by Crippen LogP contribution is -2.63. The predicted molar refractivity (Wildman–Crippen MR) is 116 cm³/mol. The molecule has 1 saturated heterocycles. The maximum Gasteiger partial charge on any atom is 0.352 e. The summed E-state index contributed by atoms with van der Waals surface area (Å²) in [5.41, 5.74) is 1.63. The van der Waals surface area contributed by atoms with Crippen LogP contribution in [0.1, 0.15) is 24.4 Å². The molecule has 3 aromatic heterocycles. The molecule has 0 radical (unpaired) electrons. The van der Waals surface area contributed by atoms with Gasteiger partial charge in [-0.25, -0.2) is 9.78 Å². The molecule has 10 heteroatoms. The van der Waals surface area contributed by atoms with Crippen LogP contribution in [0.5, 0.6) is 0 Å². The van der Waals surface area contributed by atoms with Crippen molar-refractivity contribution in [2.75, 3.05) is 0 Å². The van der Waals surface area contributed by atoms with Gasteiger partial charge in [-0.05, 0) is 19.1 Å². The Morgan fingerprint density at radius 2 is 2.16 bits per heavy atom. The lowest BCUT2D eigenvalue weighted by Gasteiger charge is -2.46. The topological polar surface area (TPSA) is 108 Å². The zero-order chi connectivity index (χ0) is 21.9. The Morgan fingerprint density at radius 1 is 1.35 bits per heavy atom. The van der Waals surface area contributed by atoms with E-state index in [0.717, 1.165) is 20.4 Å². The number of pyridine rings is 1. The molecule has 1 amide bonds. The number of aromatic nitrogens is 3. The number of nitrogens with zero attached hydrogens (tertiary/aromatic N) is 4. The number of thioether (sulfide) groups is 1. The van der Waals surface area contributed by atoms with Crippen LogP contribution < -0.4 is 0 Å². The van der Waals surface area contributed by atoms with Crippen LogP contribution in [0, 0.1) is 11.8 Å². The minimum Gasteiger partial charge on any atom is -0.477 e. The highest BCUT2D eigenvalue weighted by molar-refractivity contribution is 7.98. The highest BCUT2D eigenvalue weighted by Gasteiger charge is 2.60. The largest absolute Gasteiger partial charge is 0.477 e. The lowest BCUT2D eigenvalue weighted by molar-refractivity contribution is -0.163. The SMILES string of the molecule is C[C@@H](O)[C@H]1C(=O)N2C(C(=O)O)=C(c3cn4cnc(SCc5ccccn5)c4s3)[C@H](C)[C@H]12. The number of fused-ring (bicyclic) bond motifs is 2. The molecule has 0 aromatic carbocycles. The van der Waals surface area contributed by atoms with Crippen molar-refractivity contribution in [1.29, 1.82) is 0 Å². The molecule has 0 aliphatic carbocycles. The van der Waals surface area contributed by atoms with Crippen molar-refractivity contribution in [2.24, 2.45) is 11.8 Å². The second-order valence-corrected chi connectivity index (χ2v) is 9.78. The standard InChI is InChI=1S/C21H20N4O4S2/c1-10-14(17(21(28)29)25-16(10)15(11(2)26)19(25)27)13-7-24-9-23-18(20(24)31-13)30-8-12-5-3-4-6-22-12/h3-7,9-11,15-16,26H,8H2,1-2H3,(H,28,29)/t10-,11+,15+,16+/m0/s1. The Balaban J connectivity index is 1.50. The van der Waals surface area contributed by atoms with Gasteiger partial charge in [0.25, 0.3) is 0 Å². The molecule has 0 bridgehead atoms. The fraction of sp³-hybridized carbons (Fsp3) is 0.333. The van der Waals surface area contributed by atoms with Gasteiger partial charge >= 0.3 is 5.97 Å². The number of hydrogen-bond acceptors (Lipinski definition) is 7. The molecule has 4 atom stereocenters. The number of amides is 1. The molecule has 160 valence electrons. The predicted octanol–water partition coefficient (Wildman–Crippen LogP) is 2.74. The van der Waals surface area contributed by atoms with Crippen molar-refractivity contribution in [2.45, 2.75) is 36.8 Å². The van der Waals surface area contributed by atoms with E-state index in [0.29, 0.717) is 11.3 Å². The average molecular weight is 457 g/mol. The summed E-state index contributed by atoms with van der Waals surface area (Å²) in [6.45, 7) is 3.51. The normalized spacial score (nSPS) is 23.9. The zero-order valence-electron chi connectivity index (χ0n) is 16.8. The van der Waals surface area contributed by atoms with Crippen molar-refractivity contribution in [3.63, 3.8) is 0 Å². The molecular weight excluding hydrogens is 436 g/mol. The van der Waals surface area contributed by atoms with Gasteiger partial charge in [0.15, 0.2) is 0 Å². The second-order valence-electron chi connectivity index (χ2n) is 7.79. The van der Waals surface area contributed by atoms with Crippen molar-refractivity contribution in [3.8, 4) is 0 Å². The quantitative estimate of drug-likeness (QED) is 0.434. The molecule has 8 nitrogen and oxygen atoms in total. The number of imidazole rings is 1. The van der Waals surface area contributed by atoms with Crippen LogP contribution >= 0.6 is 23.1 Å². The van der Waals surface area contributed by atoms with Crippen LogP contribution in [0.4, 0.5) is 0 Å². The molecule has 31 heavy (non-hydrogen) atoms. The van der Waals surface area contributed by atoms with E-state index in [4.69, 9.17) is 0 Å². The summed E-state index contributed by atoms with van der Waals surface area (Å²) in [5, 5.41) is 20.8. The maximum absolute atomic E-state index is 12.6. The van der Waals surface area contributed by atoms with E-state index in [1.807, 2.05) is 35.7 Å². The maximum atomic E-state index is 12.6. The molecule has 2 aliphatic rings. The van der Waals surface area contributed by atoms with E-state index in [-0.39, 0.29) is 23.6 Å². The van der Waals surface area contributed by atoms with Gasteiger partial charge in [-0.2, -0.15) is 0 Å². The molecule has 2 N–H and O–H groups in total. The summed E-state index contributed by atoms with van der Waals surface area (Å²) < 4.78 is 1.89. The first-order valence-electron chi connectivity index (χ1n) is 9.86. The third-order valence-electron chi connectivity index (χ3n) is 5.90. The number of thiazole rings is 1. The van der Waals surface area contributed by atoms with Gasteiger partial charge in [0.2, 0.25) is 5.91 Å². The van der Waals surface area contributed by atoms with Crippen molar-refractivity contribution < 1.29 is 19.8 Å². The number of β-lactam (4-membered cyclic amide) rings is 1. The number of carbonyl (C=O) groups is 2. The molecule has 5 rings (SSSR count). The number of aliphatic carboxylic acids is 1. The summed E-state index contributed by atoms with van der Waals surface area (Å²) in [5.74, 6) is -1.53. The molecule has 3 aromatic rings. The summed E-state index contributed by atoms with van der Waals surface area (Å²) in [6.07, 6.45) is 4.54. The van der Waals surface area contributed by atoms with Crippen LogP contribution in [-0.2, 0) is 15.3 Å². The zero-order valence-corrected chi connectivity index (χ0v) is 18.4.